The van der Waals surface area contributed by atoms with Crippen LogP contribution in [0.15, 0.2) is 24.3 Å². The molecule has 5 rings (SSSR count). The smallest absolute Gasteiger partial charge is 0.508 e. The van der Waals surface area contributed by atoms with Gasteiger partial charge in [-0.05, 0) is 147 Å². The zero-order valence-corrected chi connectivity index (χ0v) is 66.1. The van der Waals surface area contributed by atoms with Crippen LogP contribution in [0.3, 0.4) is 0 Å². The summed E-state index contributed by atoms with van der Waals surface area (Å²) in [5.41, 5.74) is 17.3. The van der Waals surface area contributed by atoms with Crippen molar-refractivity contribution < 1.29 is 131 Å². The Bertz CT molecular complexity index is 3700. The predicted molar refractivity (Wildman–Crippen MR) is 404 cm³/mol. The summed E-state index contributed by atoms with van der Waals surface area (Å²) >= 11 is 0. The number of aliphatic hydroxyl groups excluding tert-OH is 1. The van der Waals surface area contributed by atoms with Gasteiger partial charge in [0.2, 0.25) is 88.6 Å². The number of phenols is 1. The Hall–Kier alpha value is -10.4. The molecule has 45 heteroatoms. The van der Waals surface area contributed by atoms with Gasteiger partial charge < -0.3 is 116 Å². The number of rotatable bonds is 46. The van der Waals surface area contributed by atoms with Crippen molar-refractivity contribution in [3.05, 3.63) is 29.8 Å². The van der Waals surface area contributed by atoms with Crippen molar-refractivity contribution in [2.45, 2.75) is 247 Å². The maximum atomic E-state index is 14.6. The summed E-state index contributed by atoms with van der Waals surface area (Å²) < 4.78 is 4.70. The molecule has 0 radical (unpaired) electrons. The standard InChI is InChI=1S/C71H110N17O27P/c1-36(2)32-46(63(102)84-49(35-115-116(112,113)114)65(104)75-38(4)57(96)77-44(22-25-55(92)93)60(99)79-43(21-24-54(74)91)62(101)83-48(34-89)68(107)87-30-10-15-52(87)70(109)88-31-11-16-53(88)71(110)111)82-59(98)42(12-6-7-27-72)78-61(100)45(23-26-56(94)95)80-64(103)47(33-40-17-19-41(90)20-18-40)81-58(97)39(5)76-66(105)50-13-8-28-85(50)69(108)51-14-9-29-86(51)67(106)37(3)73/h17-20,36-39,42-53,89,112-114H,6-16,21-35,72-73H2,1-5H3,(H15-,74,75,76,77,78,79,80,81,82,83,84,90,91,92,93,94,95,96,97,98,99,100,101,102,103,104,105,110,111)/p+1/t37-,38-,39-,42-,43-,44-,45-,46-,47-,48-,49-,50-,51-,52-,53-/m0/s1. The van der Waals surface area contributed by atoms with E-state index in [-0.39, 0.29) is 89.7 Å². The summed E-state index contributed by atoms with van der Waals surface area (Å²) in [4.78, 5) is 279. The number of amides is 15. The highest BCUT2D eigenvalue weighted by atomic mass is 31.2. The van der Waals surface area contributed by atoms with Crippen LogP contribution in [0.4, 0.5) is 0 Å². The summed E-state index contributed by atoms with van der Waals surface area (Å²) in [6.07, 6.45) is -2.22. The van der Waals surface area contributed by atoms with E-state index in [9.17, 15) is 127 Å². The molecule has 4 saturated heterocycles. The van der Waals surface area contributed by atoms with Crippen LogP contribution < -0.4 is 70.4 Å². The van der Waals surface area contributed by atoms with Crippen molar-refractivity contribution in [2.75, 3.05) is 45.9 Å². The number of aromatic hydroxyl groups is 1. The highest BCUT2D eigenvalue weighted by Gasteiger charge is 2.47. The van der Waals surface area contributed by atoms with E-state index in [1.165, 1.54) is 47.9 Å². The third-order valence-corrected chi connectivity index (χ3v) is 20.3. The number of hydrogen-bond donors (Lipinski definition) is 21. The van der Waals surface area contributed by atoms with Crippen LogP contribution >= 0.6 is 8.17 Å². The van der Waals surface area contributed by atoms with Gasteiger partial charge in [-0.1, -0.05) is 26.0 Å². The fraction of sp³-hybridized carbons (Fsp3) is 0.662. The number of benzene rings is 1. The Morgan fingerprint density at radius 3 is 1.31 bits per heavy atom. The molecular weight excluding hydrogens is 1550 g/mol. The number of nitrogens with two attached hydrogens (primary N) is 3. The summed E-state index contributed by atoms with van der Waals surface area (Å²) in [7, 11) is -5.27. The third-order valence-electron chi connectivity index (χ3n) is 19.8. The molecule has 44 nitrogen and oxygen atoms in total. The first-order valence-electron chi connectivity index (χ1n) is 38.3. The Balaban J connectivity index is 1.32. The number of primary amides is 1. The molecule has 646 valence electrons. The highest BCUT2D eigenvalue weighted by Crippen LogP contribution is 2.45. The van der Waals surface area contributed by atoms with Crippen molar-refractivity contribution in [1.82, 2.24) is 72.8 Å². The van der Waals surface area contributed by atoms with Gasteiger partial charge in [-0.15, -0.1) is 0 Å². The summed E-state index contributed by atoms with van der Waals surface area (Å²) in [6, 6.07) is -17.3. The second kappa shape index (κ2) is 45.8. The molecule has 15 amide bonds. The quantitative estimate of drug-likeness (QED) is 0.0213. The second-order valence-corrected chi connectivity index (χ2v) is 30.8. The van der Waals surface area contributed by atoms with E-state index in [0.29, 0.717) is 37.8 Å². The zero-order chi connectivity index (χ0) is 86.6. The molecule has 4 fully saturated rings. The first-order valence-corrected chi connectivity index (χ1v) is 39.9. The number of carbonyl (C=O) groups is 18. The molecule has 1 aromatic carbocycles. The first-order chi connectivity index (χ1) is 54.5. The normalized spacial score (nSPS) is 19.5. The first kappa shape index (κ1) is 96.2. The van der Waals surface area contributed by atoms with E-state index in [0.717, 1.165) is 16.7 Å². The summed E-state index contributed by atoms with van der Waals surface area (Å²) in [5, 5.41) is 73.3. The Labute approximate surface area is 667 Å². The number of unbranched alkanes of at least 4 members (excludes halogenated alkanes) is 1. The van der Waals surface area contributed by atoms with Crippen molar-refractivity contribution in [3.8, 4) is 5.75 Å². The number of aliphatic carboxylic acids is 3. The fourth-order valence-corrected chi connectivity index (χ4v) is 14.1. The van der Waals surface area contributed by atoms with E-state index < -0.39 is 263 Å². The topological polar surface area (TPSA) is 690 Å². The Morgan fingerprint density at radius 1 is 0.466 bits per heavy atom. The molecule has 116 heavy (non-hydrogen) atoms. The van der Waals surface area contributed by atoms with Crippen LogP contribution in [-0.4, -0.2) is 303 Å². The summed E-state index contributed by atoms with van der Waals surface area (Å²) in [5.74, 6) is -19.8. The monoisotopic (exact) mass is 1660 g/mol. The number of nitrogens with one attached hydrogen (secondary N) is 10. The lowest BCUT2D eigenvalue weighted by Gasteiger charge is -2.32. The molecule has 24 N–H and O–H groups in total. The van der Waals surface area contributed by atoms with Crippen LogP contribution in [-0.2, 0) is 97.2 Å². The minimum atomic E-state index is -5.27. The van der Waals surface area contributed by atoms with Gasteiger partial charge in [-0.3, -0.25) is 81.5 Å². The van der Waals surface area contributed by atoms with Gasteiger partial charge in [0.15, 0.2) is 0 Å². The number of nitrogens with zero attached hydrogens (tertiary/aromatic N) is 4. The third kappa shape index (κ3) is 29.7. The van der Waals surface area contributed by atoms with E-state index in [4.69, 9.17) is 21.7 Å². The number of carboxylic acids is 3. The number of phenolic OH excluding ortho intramolecular Hbond substituents is 1. The average Bonchev–Trinajstić information content (AvgIpc) is 1.65. The molecule has 0 spiro atoms. The predicted octanol–water partition coefficient (Wildman–Crippen LogP) is -6.95. The van der Waals surface area contributed by atoms with E-state index in [1.54, 1.807) is 13.8 Å². The van der Waals surface area contributed by atoms with E-state index in [1.807, 2.05) is 0 Å². The SMILES string of the molecule is CC(C)C[C@H](NC(=O)[C@H](CCCCN)NC(=O)[C@H](CCC(=O)O)NC(=O)[C@H](Cc1ccc(O)cc1)NC(=O)[C@H](C)NC(=O)[C@@H]1CCCN1C(=O)[C@@H]1CCCN1C(=O)[C@H](C)N)C(=O)N[C@@H](CO[P+](O)(O)O)C(=O)N[C@@H](C)C(=O)N[C@@H](CCC(=O)O)C(=O)N[C@@H](CCC(N)=O)C(=O)N[C@@H](CO)C(=O)N1CCC[C@H]1C(=O)N1CCC[C@H]1C(=O)O. The highest BCUT2D eigenvalue weighted by molar-refractivity contribution is 7.53. The number of hydrogen-bond acceptors (Lipinski definition) is 26. The van der Waals surface area contributed by atoms with Crippen LogP contribution in [0.1, 0.15) is 156 Å². The van der Waals surface area contributed by atoms with Crippen molar-refractivity contribution >= 4 is 115 Å². The molecule has 0 bridgehead atoms. The fourth-order valence-electron chi connectivity index (χ4n) is 13.7. The maximum absolute atomic E-state index is 14.6. The minimum Gasteiger partial charge on any atom is -0.508 e. The molecule has 4 aliphatic heterocycles. The number of carboxylic acid groups (broad SMARTS) is 3. The lowest BCUT2D eigenvalue weighted by atomic mass is 10.0. The molecule has 15 atom stereocenters. The molecule has 0 aromatic heterocycles. The lowest BCUT2D eigenvalue weighted by molar-refractivity contribution is -0.152. The molecule has 4 heterocycles. The van der Waals surface area contributed by atoms with Gasteiger partial charge in [0.05, 0.1) is 12.6 Å². The largest absolute Gasteiger partial charge is 0.567 e. The van der Waals surface area contributed by atoms with Crippen LogP contribution in [0.5, 0.6) is 5.75 Å². The van der Waals surface area contributed by atoms with Crippen molar-refractivity contribution in [3.63, 3.8) is 0 Å². The number of carbonyl (C=O) groups excluding carboxylic acids is 15. The minimum absolute atomic E-state index is 0.0398. The average molecular weight is 1670 g/mol. The molecule has 4 aliphatic rings. The van der Waals surface area contributed by atoms with Gasteiger partial charge in [-0.25, -0.2) is 4.79 Å². The van der Waals surface area contributed by atoms with Crippen LogP contribution in [0, 0.1) is 5.92 Å². The maximum Gasteiger partial charge on any atom is 0.567 e. The molecular formula is C71H111N17O27P+. The zero-order valence-electron chi connectivity index (χ0n) is 65.2. The van der Waals surface area contributed by atoms with Gasteiger partial charge in [-0.2, -0.15) is 19.2 Å². The second-order valence-electron chi connectivity index (χ2n) is 29.5. The molecule has 0 aliphatic carbocycles. The summed E-state index contributed by atoms with van der Waals surface area (Å²) in [6.45, 7) is 5.24. The Morgan fingerprint density at radius 2 is 0.853 bits per heavy atom. The van der Waals surface area contributed by atoms with Gasteiger partial charge in [0, 0.05) is 51.9 Å². The molecule has 1 aromatic rings. The molecule has 0 unspecified atom stereocenters. The van der Waals surface area contributed by atoms with Gasteiger partial charge in [0.25, 0.3) is 0 Å². The van der Waals surface area contributed by atoms with E-state index >= 15 is 0 Å². The van der Waals surface area contributed by atoms with Crippen LogP contribution in [0.2, 0.25) is 0 Å². The number of aliphatic hydroxyl groups is 1. The van der Waals surface area contributed by atoms with Gasteiger partial charge in [0.1, 0.15) is 96.9 Å². The molecule has 0 saturated carbocycles. The van der Waals surface area contributed by atoms with Gasteiger partial charge >= 0.3 is 26.1 Å². The van der Waals surface area contributed by atoms with E-state index in [2.05, 4.69) is 53.2 Å². The van der Waals surface area contributed by atoms with Crippen molar-refractivity contribution in [1.29, 1.82) is 0 Å². The van der Waals surface area contributed by atoms with Crippen LogP contribution in [0.25, 0.3) is 0 Å². The van der Waals surface area contributed by atoms with Crippen molar-refractivity contribution in [2.24, 2.45) is 23.1 Å². The Kier molecular flexibility index (Phi) is 38.0. The lowest BCUT2D eigenvalue weighted by Crippen LogP contribution is -2.61. The number of likely N-dealkylation sites (tertiary alicyclic amines) is 4.